The molecule has 0 bridgehead atoms. The molecule has 0 aliphatic heterocycles. The Bertz CT molecular complexity index is 635. The first-order valence-electron chi connectivity index (χ1n) is 7.32. The number of nitrogens with one attached hydrogen (secondary N) is 1. The minimum Gasteiger partial charge on any atom is -0.392 e. The number of hydrogen-bond donors (Lipinski definition) is 3. The quantitative estimate of drug-likeness (QED) is 0.744. The highest BCUT2D eigenvalue weighted by molar-refractivity contribution is 9.10. The smallest absolute Gasteiger partial charge is 0.148 e. The van der Waals surface area contributed by atoms with Crippen molar-refractivity contribution in [3.8, 4) is 0 Å². The molecule has 1 fully saturated rings. The lowest BCUT2D eigenvalue weighted by Crippen LogP contribution is -2.44. The normalized spacial score (nSPS) is 24.1. The number of aliphatic hydroxyl groups is 2. The van der Waals surface area contributed by atoms with Gasteiger partial charge in [-0.3, -0.25) is 5.32 Å². The Kier molecular flexibility index (Phi) is 4.54. The molecule has 1 heterocycles. The SMILES string of the molecule is OC(NC1CCCCC1O)c1cc(Br)c2ccccc2n1. The van der Waals surface area contributed by atoms with Gasteiger partial charge in [-0.05, 0) is 25.0 Å². The number of nitrogens with zero attached hydrogens (tertiary/aromatic N) is 1. The summed E-state index contributed by atoms with van der Waals surface area (Å²) in [7, 11) is 0. The molecule has 1 aromatic heterocycles. The minimum atomic E-state index is -0.872. The number of hydrogen-bond acceptors (Lipinski definition) is 4. The second-order valence-electron chi connectivity index (χ2n) is 5.57. The standard InChI is InChI=1S/C16H19BrN2O2/c17-11-9-14(18-12-6-2-1-5-10(11)12)16(21)19-13-7-3-4-8-15(13)20/h1-2,5-6,9,13,15-16,19-21H,3-4,7-8H2. The van der Waals surface area contributed by atoms with E-state index < -0.39 is 12.3 Å². The molecular formula is C16H19BrN2O2. The summed E-state index contributed by atoms with van der Waals surface area (Å²) in [6.07, 6.45) is 2.54. The van der Waals surface area contributed by atoms with Gasteiger partial charge in [0.2, 0.25) is 0 Å². The van der Waals surface area contributed by atoms with Gasteiger partial charge in [0.15, 0.2) is 0 Å². The van der Waals surface area contributed by atoms with Crippen molar-refractivity contribution in [2.24, 2.45) is 0 Å². The van der Waals surface area contributed by atoms with Crippen molar-refractivity contribution in [1.29, 1.82) is 0 Å². The Morgan fingerprint density at radius 2 is 2.00 bits per heavy atom. The van der Waals surface area contributed by atoms with Gasteiger partial charge in [-0.1, -0.05) is 47.0 Å². The summed E-state index contributed by atoms with van der Waals surface area (Å²) in [4.78, 5) is 4.50. The van der Waals surface area contributed by atoms with E-state index in [-0.39, 0.29) is 6.04 Å². The molecule has 3 atom stereocenters. The predicted molar refractivity (Wildman–Crippen MR) is 85.8 cm³/mol. The Hall–Kier alpha value is -1.01. The maximum absolute atomic E-state index is 10.4. The van der Waals surface area contributed by atoms with Gasteiger partial charge in [0, 0.05) is 15.9 Å². The zero-order chi connectivity index (χ0) is 14.8. The first-order valence-corrected chi connectivity index (χ1v) is 8.12. The zero-order valence-electron chi connectivity index (χ0n) is 11.7. The highest BCUT2D eigenvalue weighted by Gasteiger charge is 2.25. The van der Waals surface area contributed by atoms with Crippen molar-refractivity contribution in [3.63, 3.8) is 0 Å². The van der Waals surface area contributed by atoms with Crippen LogP contribution in [-0.4, -0.2) is 27.3 Å². The van der Waals surface area contributed by atoms with Gasteiger partial charge in [0.1, 0.15) is 6.23 Å². The summed E-state index contributed by atoms with van der Waals surface area (Å²) < 4.78 is 0.910. The lowest BCUT2D eigenvalue weighted by atomic mass is 9.92. The molecule has 0 spiro atoms. The third kappa shape index (κ3) is 3.26. The van der Waals surface area contributed by atoms with Gasteiger partial charge < -0.3 is 10.2 Å². The molecule has 3 unspecified atom stereocenters. The van der Waals surface area contributed by atoms with E-state index >= 15 is 0 Å². The molecule has 4 nitrogen and oxygen atoms in total. The van der Waals surface area contributed by atoms with Crippen molar-refractivity contribution in [2.45, 2.75) is 44.1 Å². The summed E-state index contributed by atoms with van der Waals surface area (Å²) >= 11 is 3.52. The van der Waals surface area contributed by atoms with Crippen molar-refractivity contribution >= 4 is 26.8 Å². The molecular weight excluding hydrogens is 332 g/mol. The molecule has 0 amide bonds. The molecule has 1 aromatic carbocycles. The number of para-hydroxylation sites is 1. The van der Waals surface area contributed by atoms with Crippen molar-refractivity contribution in [1.82, 2.24) is 10.3 Å². The van der Waals surface area contributed by atoms with E-state index in [1.165, 1.54) is 0 Å². The fourth-order valence-corrected chi connectivity index (χ4v) is 3.46. The molecule has 3 N–H and O–H groups in total. The van der Waals surface area contributed by atoms with E-state index in [9.17, 15) is 10.2 Å². The van der Waals surface area contributed by atoms with Crippen molar-refractivity contribution in [2.75, 3.05) is 0 Å². The Morgan fingerprint density at radius 1 is 1.24 bits per heavy atom. The van der Waals surface area contributed by atoms with Crippen LogP contribution in [0.4, 0.5) is 0 Å². The Morgan fingerprint density at radius 3 is 2.81 bits per heavy atom. The first kappa shape index (κ1) is 14.9. The number of pyridine rings is 1. The topological polar surface area (TPSA) is 65.4 Å². The number of benzene rings is 1. The van der Waals surface area contributed by atoms with Crippen LogP contribution in [0.1, 0.15) is 37.6 Å². The lowest BCUT2D eigenvalue weighted by Gasteiger charge is -2.30. The van der Waals surface area contributed by atoms with E-state index in [1.54, 1.807) is 0 Å². The van der Waals surface area contributed by atoms with Crippen LogP contribution < -0.4 is 5.32 Å². The third-order valence-electron chi connectivity index (χ3n) is 4.07. The second kappa shape index (κ2) is 6.40. The number of fused-ring (bicyclic) bond motifs is 1. The van der Waals surface area contributed by atoms with Gasteiger partial charge in [-0.25, -0.2) is 4.98 Å². The highest BCUT2D eigenvalue weighted by atomic mass is 79.9. The van der Waals surface area contributed by atoms with Gasteiger partial charge in [0.05, 0.1) is 17.3 Å². The van der Waals surface area contributed by atoms with Crippen molar-refractivity contribution < 1.29 is 10.2 Å². The van der Waals surface area contributed by atoms with E-state index in [1.807, 2.05) is 30.3 Å². The molecule has 3 rings (SSSR count). The molecule has 2 aromatic rings. The summed E-state index contributed by atoms with van der Waals surface area (Å²) in [6.45, 7) is 0. The number of halogens is 1. The van der Waals surface area contributed by atoms with Gasteiger partial charge in [-0.2, -0.15) is 0 Å². The zero-order valence-corrected chi connectivity index (χ0v) is 13.3. The average molecular weight is 351 g/mol. The van der Waals surface area contributed by atoms with Crippen LogP contribution >= 0.6 is 15.9 Å². The fourth-order valence-electron chi connectivity index (χ4n) is 2.89. The molecule has 1 aliphatic rings. The molecule has 1 aliphatic carbocycles. The summed E-state index contributed by atoms with van der Waals surface area (Å²) in [5.74, 6) is 0. The molecule has 0 saturated heterocycles. The van der Waals surface area contributed by atoms with Gasteiger partial charge >= 0.3 is 0 Å². The maximum atomic E-state index is 10.4. The molecule has 1 saturated carbocycles. The first-order chi connectivity index (χ1) is 10.1. The average Bonchev–Trinajstić information content (AvgIpc) is 2.49. The van der Waals surface area contributed by atoms with Crippen LogP contribution in [0.3, 0.4) is 0 Å². The van der Waals surface area contributed by atoms with E-state index in [0.29, 0.717) is 5.69 Å². The van der Waals surface area contributed by atoms with Gasteiger partial charge in [-0.15, -0.1) is 0 Å². The molecule has 21 heavy (non-hydrogen) atoms. The molecule has 0 radical (unpaired) electrons. The monoisotopic (exact) mass is 350 g/mol. The Labute approximate surface area is 132 Å². The van der Waals surface area contributed by atoms with E-state index in [2.05, 4.69) is 26.2 Å². The van der Waals surface area contributed by atoms with Crippen LogP contribution in [0, 0.1) is 0 Å². The lowest BCUT2D eigenvalue weighted by molar-refractivity contribution is 0.0414. The van der Waals surface area contributed by atoms with Gasteiger partial charge in [0.25, 0.3) is 0 Å². The number of aromatic nitrogens is 1. The largest absolute Gasteiger partial charge is 0.392 e. The maximum Gasteiger partial charge on any atom is 0.148 e. The van der Waals surface area contributed by atoms with E-state index in [0.717, 1.165) is 41.1 Å². The predicted octanol–water partition coefficient (Wildman–Crippen LogP) is 2.88. The summed E-state index contributed by atoms with van der Waals surface area (Å²) in [5.41, 5.74) is 1.41. The fraction of sp³-hybridized carbons (Fsp3) is 0.438. The van der Waals surface area contributed by atoms with Crippen molar-refractivity contribution in [3.05, 3.63) is 40.5 Å². The second-order valence-corrected chi connectivity index (χ2v) is 6.43. The molecule has 5 heteroatoms. The van der Waals surface area contributed by atoms with Crippen LogP contribution in [0.2, 0.25) is 0 Å². The highest BCUT2D eigenvalue weighted by Crippen LogP contribution is 2.26. The van der Waals surface area contributed by atoms with Crippen LogP contribution in [0.5, 0.6) is 0 Å². The molecule has 112 valence electrons. The minimum absolute atomic E-state index is 0.0687. The number of aliphatic hydroxyl groups excluding tert-OH is 2. The Balaban J connectivity index is 1.82. The third-order valence-corrected chi connectivity index (χ3v) is 4.72. The van der Waals surface area contributed by atoms with Crippen LogP contribution in [-0.2, 0) is 0 Å². The van der Waals surface area contributed by atoms with Crippen LogP contribution in [0.25, 0.3) is 10.9 Å². The summed E-state index contributed by atoms with van der Waals surface area (Å²) in [6, 6.07) is 9.56. The number of rotatable bonds is 3. The summed E-state index contributed by atoms with van der Waals surface area (Å²) in [5, 5.41) is 24.5. The van der Waals surface area contributed by atoms with Crippen LogP contribution in [0.15, 0.2) is 34.8 Å². The van der Waals surface area contributed by atoms with E-state index in [4.69, 9.17) is 0 Å².